The molecule has 0 heterocycles. The van der Waals surface area contributed by atoms with Crippen LogP contribution in [-0.2, 0) is 11.3 Å². The van der Waals surface area contributed by atoms with Crippen molar-refractivity contribution in [3.8, 4) is 0 Å². The van der Waals surface area contributed by atoms with Crippen molar-refractivity contribution in [3.63, 3.8) is 0 Å². The Bertz CT molecular complexity index is 443. The van der Waals surface area contributed by atoms with E-state index >= 15 is 0 Å². The number of hydrogen-bond donors (Lipinski definition) is 1. The fraction of sp³-hybridized carbons (Fsp3) is 0.500. The third-order valence-corrected chi connectivity index (χ3v) is 4.04. The Morgan fingerprint density at radius 2 is 2.10 bits per heavy atom. The zero-order valence-electron chi connectivity index (χ0n) is 11.8. The summed E-state index contributed by atoms with van der Waals surface area (Å²) in [6, 6.07) is 5.68. The molecule has 1 aromatic carbocycles. The monoisotopic (exact) mass is 334 g/mol. The Kier molecular flexibility index (Phi) is 8.38. The highest BCUT2D eigenvalue weighted by Gasteiger charge is 2.04. The van der Waals surface area contributed by atoms with E-state index in [0.29, 0.717) is 22.3 Å². The Labute approximate surface area is 135 Å². The fourth-order valence-electron chi connectivity index (χ4n) is 1.79. The van der Waals surface area contributed by atoms with Crippen LogP contribution < -0.4 is 5.32 Å². The average molecular weight is 335 g/mol. The molecule has 1 aromatic rings. The van der Waals surface area contributed by atoms with Crippen LogP contribution >= 0.6 is 35.0 Å². The van der Waals surface area contributed by atoms with E-state index in [2.05, 4.69) is 10.2 Å². The summed E-state index contributed by atoms with van der Waals surface area (Å²) in [5, 5.41) is 4.06. The first-order valence-electron chi connectivity index (χ1n) is 6.41. The Morgan fingerprint density at radius 3 is 2.75 bits per heavy atom. The van der Waals surface area contributed by atoms with E-state index in [9.17, 15) is 4.79 Å². The maximum atomic E-state index is 11.3. The lowest BCUT2D eigenvalue weighted by Gasteiger charge is -2.17. The highest BCUT2D eigenvalue weighted by Crippen LogP contribution is 2.23. The van der Waals surface area contributed by atoms with Crippen molar-refractivity contribution < 1.29 is 4.79 Å². The van der Waals surface area contributed by atoms with Gasteiger partial charge in [0.25, 0.3) is 0 Å². The molecule has 0 atom stereocenters. The minimum absolute atomic E-state index is 0.102. The average Bonchev–Trinajstić information content (AvgIpc) is 2.39. The number of rotatable bonds is 8. The highest BCUT2D eigenvalue weighted by atomic mass is 35.5. The number of thioether (sulfide) groups is 1. The molecule has 1 rings (SSSR count). The van der Waals surface area contributed by atoms with Crippen LogP contribution in [0.5, 0.6) is 0 Å². The number of hydrogen-bond acceptors (Lipinski definition) is 3. The maximum Gasteiger partial charge on any atom is 0.229 e. The number of amides is 1. The van der Waals surface area contributed by atoms with Gasteiger partial charge in [-0.1, -0.05) is 29.3 Å². The zero-order valence-corrected chi connectivity index (χ0v) is 14.1. The molecule has 1 amide bonds. The van der Waals surface area contributed by atoms with Gasteiger partial charge in [0.15, 0.2) is 0 Å². The predicted octanol–water partition coefficient (Wildman–Crippen LogP) is 3.29. The molecule has 0 saturated carbocycles. The summed E-state index contributed by atoms with van der Waals surface area (Å²) in [5.74, 6) is 0.628. The molecule has 0 bridgehead atoms. The molecule has 112 valence electrons. The second kappa shape index (κ2) is 9.50. The van der Waals surface area contributed by atoms with Crippen LogP contribution in [0.15, 0.2) is 18.2 Å². The SMILES string of the molecule is CSCC(=O)NCCCN(C)Cc1ccc(Cl)c(Cl)c1. The van der Waals surface area contributed by atoms with Gasteiger partial charge in [0.1, 0.15) is 0 Å². The molecule has 0 spiro atoms. The van der Waals surface area contributed by atoms with Crippen LogP contribution in [0.3, 0.4) is 0 Å². The number of carbonyl (C=O) groups excluding carboxylic acids is 1. The molecule has 20 heavy (non-hydrogen) atoms. The lowest BCUT2D eigenvalue weighted by Crippen LogP contribution is -2.29. The molecule has 0 unspecified atom stereocenters. The summed E-state index contributed by atoms with van der Waals surface area (Å²) in [4.78, 5) is 13.5. The summed E-state index contributed by atoms with van der Waals surface area (Å²) < 4.78 is 0. The molecular weight excluding hydrogens is 315 g/mol. The molecule has 0 aromatic heterocycles. The highest BCUT2D eigenvalue weighted by molar-refractivity contribution is 7.99. The number of nitrogens with zero attached hydrogens (tertiary/aromatic N) is 1. The van der Waals surface area contributed by atoms with Crippen molar-refractivity contribution in [1.82, 2.24) is 10.2 Å². The fourth-order valence-corrected chi connectivity index (χ4v) is 2.47. The van der Waals surface area contributed by atoms with Gasteiger partial charge in [-0.15, -0.1) is 0 Å². The summed E-state index contributed by atoms with van der Waals surface area (Å²) >= 11 is 13.4. The molecular formula is C14H20Cl2N2OS. The maximum absolute atomic E-state index is 11.3. The van der Waals surface area contributed by atoms with E-state index in [-0.39, 0.29) is 5.91 Å². The van der Waals surface area contributed by atoms with Crippen LogP contribution in [0.25, 0.3) is 0 Å². The van der Waals surface area contributed by atoms with Crippen LogP contribution in [-0.4, -0.2) is 43.0 Å². The van der Waals surface area contributed by atoms with Gasteiger partial charge in [-0.05, 0) is 44.0 Å². The van der Waals surface area contributed by atoms with Gasteiger partial charge < -0.3 is 10.2 Å². The molecule has 0 aliphatic carbocycles. The third-order valence-electron chi connectivity index (χ3n) is 2.75. The van der Waals surface area contributed by atoms with Crippen molar-refractivity contribution >= 4 is 40.9 Å². The largest absolute Gasteiger partial charge is 0.355 e. The third kappa shape index (κ3) is 6.84. The first-order chi connectivity index (χ1) is 9.52. The minimum atomic E-state index is 0.102. The predicted molar refractivity (Wildman–Crippen MR) is 88.8 cm³/mol. The normalized spacial score (nSPS) is 10.8. The number of benzene rings is 1. The van der Waals surface area contributed by atoms with Gasteiger partial charge >= 0.3 is 0 Å². The van der Waals surface area contributed by atoms with Gasteiger partial charge in [-0.3, -0.25) is 4.79 Å². The van der Waals surface area contributed by atoms with Crippen molar-refractivity contribution in [2.45, 2.75) is 13.0 Å². The van der Waals surface area contributed by atoms with E-state index < -0.39 is 0 Å². The quantitative estimate of drug-likeness (QED) is 0.740. The smallest absolute Gasteiger partial charge is 0.229 e. The van der Waals surface area contributed by atoms with Crippen LogP contribution in [0, 0.1) is 0 Å². The van der Waals surface area contributed by atoms with E-state index in [4.69, 9.17) is 23.2 Å². The van der Waals surface area contributed by atoms with Gasteiger partial charge in [0.2, 0.25) is 5.91 Å². The molecule has 6 heteroatoms. The Balaban J connectivity index is 2.24. The lowest BCUT2D eigenvalue weighted by molar-refractivity contribution is -0.118. The molecule has 0 radical (unpaired) electrons. The molecule has 0 aliphatic rings. The van der Waals surface area contributed by atoms with Gasteiger partial charge in [0.05, 0.1) is 15.8 Å². The van der Waals surface area contributed by atoms with Crippen molar-refractivity contribution in [2.24, 2.45) is 0 Å². The van der Waals surface area contributed by atoms with Crippen LogP contribution in [0.4, 0.5) is 0 Å². The number of nitrogens with one attached hydrogen (secondary N) is 1. The van der Waals surface area contributed by atoms with Gasteiger partial charge in [-0.25, -0.2) is 0 Å². The lowest BCUT2D eigenvalue weighted by atomic mass is 10.2. The Morgan fingerprint density at radius 1 is 1.35 bits per heavy atom. The molecule has 0 fully saturated rings. The number of carbonyl (C=O) groups is 1. The zero-order chi connectivity index (χ0) is 15.0. The first kappa shape index (κ1) is 17.6. The second-order valence-electron chi connectivity index (χ2n) is 4.62. The van der Waals surface area contributed by atoms with Crippen molar-refractivity contribution in [3.05, 3.63) is 33.8 Å². The first-order valence-corrected chi connectivity index (χ1v) is 8.56. The van der Waals surface area contributed by atoms with E-state index in [1.54, 1.807) is 0 Å². The topological polar surface area (TPSA) is 32.3 Å². The van der Waals surface area contributed by atoms with E-state index in [0.717, 1.165) is 25.1 Å². The molecule has 1 N–H and O–H groups in total. The molecule has 0 saturated heterocycles. The Hall–Kier alpha value is -0.420. The van der Waals surface area contributed by atoms with E-state index in [1.165, 1.54) is 11.8 Å². The van der Waals surface area contributed by atoms with Gasteiger partial charge in [0, 0.05) is 13.1 Å². The molecule has 0 aliphatic heterocycles. The van der Waals surface area contributed by atoms with Crippen LogP contribution in [0.2, 0.25) is 10.0 Å². The summed E-state index contributed by atoms with van der Waals surface area (Å²) in [7, 11) is 2.05. The second-order valence-corrected chi connectivity index (χ2v) is 6.30. The number of halogens is 2. The van der Waals surface area contributed by atoms with Crippen molar-refractivity contribution in [1.29, 1.82) is 0 Å². The molecule has 3 nitrogen and oxygen atoms in total. The van der Waals surface area contributed by atoms with Crippen LogP contribution in [0.1, 0.15) is 12.0 Å². The summed E-state index contributed by atoms with van der Waals surface area (Å²) in [5.41, 5.74) is 1.13. The van der Waals surface area contributed by atoms with E-state index in [1.807, 2.05) is 31.5 Å². The standard InChI is InChI=1S/C14H20Cl2N2OS/c1-18(7-3-6-17-14(19)10-20-2)9-11-4-5-12(15)13(16)8-11/h4-5,8H,3,6-7,9-10H2,1-2H3,(H,17,19). The van der Waals surface area contributed by atoms with Crippen molar-refractivity contribution in [2.75, 3.05) is 32.1 Å². The summed E-state index contributed by atoms with van der Waals surface area (Å²) in [6.07, 6.45) is 2.85. The van der Waals surface area contributed by atoms with Gasteiger partial charge in [-0.2, -0.15) is 11.8 Å². The summed E-state index contributed by atoms with van der Waals surface area (Å²) in [6.45, 7) is 2.44. The minimum Gasteiger partial charge on any atom is -0.355 e.